The van der Waals surface area contributed by atoms with Crippen molar-refractivity contribution in [3.05, 3.63) is 30.1 Å². The molecule has 1 aliphatic rings. The second-order valence-corrected chi connectivity index (χ2v) is 9.50. The van der Waals surface area contributed by atoms with Crippen molar-refractivity contribution in [3.8, 4) is 0 Å². The summed E-state index contributed by atoms with van der Waals surface area (Å²) in [5.74, 6) is 1.62. The average molecular weight is 418 g/mol. The first-order chi connectivity index (χ1) is 14.0. The van der Waals surface area contributed by atoms with Gasteiger partial charge in [-0.3, -0.25) is 0 Å². The number of nitrogens with two attached hydrogens (primary N) is 1. The Balaban J connectivity index is 1.62. The predicted octanol–water partition coefficient (Wildman–Crippen LogP) is 2.17. The summed E-state index contributed by atoms with van der Waals surface area (Å²) in [6.45, 7) is 2.53. The van der Waals surface area contributed by atoms with Crippen molar-refractivity contribution in [2.45, 2.75) is 32.2 Å². The quantitative estimate of drug-likeness (QED) is 0.564. The Bertz CT molecular complexity index is 1130. The molecule has 0 atom stereocenters. The number of aryl methyl sites for hydroxylation is 1. The Morgan fingerprint density at radius 3 is 2.72 bits per heavy atom. The average Bonchev–Trinajstić information content (AvgIpc) is 3.23. The number of fused-ring (bicyclic) bond motifs is 3. The third-order valence-electron chi connectivity index (χ3n) is 5.46. The Labute approximate surface area is 170 Å². The van der Waals surface area contributed by atoms with E-state index in [4.69, 9.17) is 15.5 Å². The van der Waals surface area contributed by atoms with Crippen LogP contribution in [0.4, 0.5) is 5.82 Å². The number of unbranched alkanes of at least 4 members (excludes halogenated alkanes) is 1. The molecule has 3 heterocycles. The normalized spacial score (nSPS) is 16.9. The van der Waals surface area contributed by atoms with Gasteiger partial charge in [-0.2, -0.15) is 0 Å². The zero-order chi connectivity index (χ0) is 20.4. The summed E-state index contributed by atoms with van der Waals surface area (Å²) >= 11 is 0. The molecule has 2 N–H and O–H groups in total. The highest BCUT2D eigenvalue weighted by Crippen LogP contribution is 2.29. The summed E-state index contributed by atoms with van der Waals surface area (Å²) in [4.78, 5) is 9.27. The molecule has 0 aliphatic carbocycles. The molecular formula is C20H27N5O3S. The minimum absolute atomic E-state index is 0.276. The molecule has 0 unspecified atom stereocenters. The van der Waals surface area contributed by atoms with Gasteiger partial charge in [0.05, 0.1) is 23.4 Å². The number of pyridine rings is 1. The summed E-state index contributed by atoms with van der Waals surface area (Å²) in [7, 11) is -1.36. The van der Waals surface area contributed by atoms with Gasteiger partial charge in [-0.15, -0.1) is 0 Å². The van der Waals surface area contributed by atoms with Gasteiger partial charge in [0, 0.05) is 38.6 Å². The lowest BCUT2D eigenvalue weighted by Gasteiger charge is -2.15. The number of methoxy groups -OCH3 is 1. The Hall–Kier alpha value is -2.23. The number of rotatable bonds is 8. The molecule has 0 bridgehead atoms. The molecule has 0 saturated carbocycles. The van der Waals surface area contributed by atoms with E-state index in [0.29, 0.717) is 31.9 Å². The number of benzene rings is 1. The van der Waals surface area contributed by atoms with Crippen LogP contribution in [0.2, 0.25) is 0 Å². The van der Waals surface area contributed by atoms with Crippen molar-refractivity contribution in [1.82, 2.24) is 18.8 Å². The van der Waals surface area contributed by atoms with E-state index in [1.165, 1.54) is 0 Å². The summed E-state index contributed by atoms with van der Waals surface area (Å²) in [6.07, 6.45) is 3.07. The topological polar surface area (TPSA) is 103 Å². The maximum absolute atomic E-state index is 12.0. The summed E-state index contributed by atoms with van der Waals surface area (Å²) < 4.78 is 33.1. The van der Waals surface area contributed by atoms with Crippen LogP contribution in [0.25, 0.3) is 21.9 Å². The van der Waals surface area contributed by atoms with Crippen molar-refractivity contribution in [3.63, 3.8) is 0 Å². The molecule has 29 heavy (non-hydrogen) atoms. The number of hydrogen-bond acceptors (Lipinski definition) is 6. The van der Waals surface area contributed by atoms with Gasteiger partial charge in [-0.25, -0.2) is 22.7 Å². The molecule has 1 aromatic carbocycles. The lowest BCUT2D eigenvalue weighted by molar-refractivity contribution is 0.199. The van der Waals surface area contributed by atoms with Crippen LogP contribution in [0.1, 0.15) is 25.1 Å². The van der Waals surface area contributed by atoms with Gasteiger partial charge >= 0.3 is 0 Å². The number of para-hydroxylation sites is 1. The number of anilines is 1. The second kappa shape index (κ2) is 8.25. The molecule has 0 spiro atoms. The molecule has 0 amide bonds. The number of nitrogen functional groups attached to an aromatic ring is 1. The van der Waals surface area contributed by atoms with Crippen molar-refractivity contribution < 1.29 is 13.2 Å². The fraction of sp³-hybridized carbons (Fsp3) is 0.500. The van der Waals surface area contributed by atoms with Crippen LogP contribution in [0.5, 0.6) is 0 Å². The van der Waals surface area contributed by atoms with Crippen LogP contribution in [0.15, 0.2) is 24.3 Å². The highest BCUT2D eigenvalue weighted by atomic mass is 32.2. The lowest BCUT2D eigenvalue weighted by atomic mass is 10.2. The standard InChI is InChI=1S/C20H27N5O3S/c1-28-13-9-17-23-18-19(15-7-2-3-8-16(15)22-20(18)21)25(17)12-5-4-10-24-11-6-14-29(24,26)27/h2-3,7-8H,4-6,9-14H2,1H3,(H2,21,22). The van der Waals surface area contributed by atoms with E-state index in [1.807, 2.05) is 24.3 Å². The van der Waals surface area contributed by atoms with Crippen molar-refractivity contribution in [1.29, 1.82) is 0 Å². The number of nitrogens with zero attached hydrogens (tertiary/aromatic N) is 4. The summed E-state index contributed by atoms with van der Waals surface area (Å²) in [6, 6.07) is 7.93. The maximum Gasteiger partial charge on any atom is 0.214 e. The first-order valence-corrected chi connectivity index (χ1v) is 11.6. The first-order valence-electron chi connectivity index (χ1n) is 10.0. The van der Waals surface area contributed by atoms with E-state index < -0.39 is 10.0 Å². The Kier molecular flexibility index (Phi) is 5.71. The van der Waals surface area contributed by atoms with Crippen LogP contribution >= 0.6 is 0 Å². The summed E-state index contributed by atoms with van der Waals surface area (Å²) in [5, 5.41) is 1.02. The van der Waals surface area contributed by atoms with Crippen LogP contribution in [0, 0.1) is 0 Å². The number of ether oxygens (including phenoxy) is 1. The van der Waals surface area contributed by atoms with Gasteiger partial charge in [-0.1, -0.05) is 18.2 Å². The van der Waals surface area contributed by atoms with Gasteiger partial charge in [0.15, 0.2) is 5.82 Å². The number of aromatic nitrogens is 3. The number of hydrogen-bond donors (Lipinski definition) is 1. The molecule has 4 rings (SSSR count). The van der Waals surface area contributed by atoms with Crippen LogP contribution in [-0.4, -0.2) is 59.8 Å². The lowest BCUT2D eigenvalue weighted by Crippen LogP contribution is -2.27. The van der Waals surface area contributed by atoms with Gasteiger partial charge in [0.1, 0.15) is 11.3 Å². The molecule has 0 radical (unpaired) electrons. The zero-order valence-electron chi connectivity index (χ0n) is 16.7. The minimum Gasteiger partial charge on any atom is -0.384 e. The van der Waals surface area contributed by atoms with Crippen LogP contribution in [0.3, 0.4) is 0 Å². The Morgan fingerprint density at radius 2 is 1.97 bits per heavy atom. The van der Waals surface area contributed by atoms with Crippen molar-refractivity contribution >= 4 is 37.8 Å². The van der Waals surface area contributed by atoms with E-state index in [1.54, 1.807) is 11.4 Å². The first kappa shape index (κ1) is 20.1. The fourth-order valence-electron chi connectivity index (χ4n) is 4.03. The van der Waals surface area contributed by atoms with Crippen LogP contribution in [-0.2, 0) is 27.7 Å². The van der Waals surface area contributed by atoms with E-state index in [0.717, 1.165) is 53.6 Å². The van der Waals surface area contributed by atoms with Crippen molar-refractivity contribution in [2.75, 3.05) is 38.3 Å². The van der Waals surface area contributed by atoms with Crippen molar-refractivity contribution in [2.24, 2.45) is 0 Å². The highest BCUT2D eigenvalue weighted by molar-refractivity contribution is 7.89. The summed E-state index contributed by atoms with van der Waals surface area (Å²) in [5.41, 5.74) is 8.77. The smallest absolute Gasteiger partial charge is 0.214 e. The highest BCUT2D eigenvalue weighted by Gasteiger charge is 2.27. The van der Waals surface area contributed by atoms with E-state index in [9.17, 15) is 8.42 Å². The van der Waals surface area contributed by atoms with Gasteiger partial charge < -0.3 is 15.0 Å². The monoisotopic (exact) mass is 417 g/mol. The van der Waals surface area contributed by atoms with Gasteiger partial charge in [0.25, 0.3) is 0 Å². The molecule has 1 fully saturated rings. The second-order valence-electron chi connectivity index (χ2n) is 7.41. The predicted molar refractivity (Wildman–Crippen MR) is 114 cm³/mol. The zero-order valence-corrected chi connectivity index (χ0v) is 17.5. The Morgan fingerprint density at radius 1 is 1.17 bits per heavy atom. The largest absolute Gasteiger partial charge is 0.384 e. The molecule has 1 saturated heterocycles. The number of sulfonamides is 1. The third kappa shape index (κ3) is 3.94. The van der Waals surface area contributed by atoms with E-state index in [2.05, 4.69) is 9.55 Å². The molecule has 3 aromatic rings. The molecule has 156 valence electrons. The molecule has 9 heteroatoms. The molecule has 2 aromatic heterocycles. The SMILES string of the molecule is COCCc1nc2c(N)nc3ccccc3c2n1CCCCN1CCCS1(=O)=O. The maximum atomic E-state index is 12.0. The van der Waals surface area contributed by atoms with Gasteiger partial charge in [-0.05, 0) is 25.3 Å². The van der Waals surface area contributed by atoms with Crippen LogP contribution < -0.4 is 5.73 Å². The van der Waals surface area contributed by atoms with Gasteiger partial charge in [0.2, 0.25) is 10.0 Å². The molecular weight excluding hydrogens is 390 g/mol. The minimum atomic E-state index is -3.04. The third-order valence-corrected chi connectivity index (χ3v) is 7.42. The number of imidazole rings is 1. The van der Waals surface area contributed by atoms with E-state index in [-0.39, 0.29) is 5.75 Å². The van der Waals surface area contributed by atoms with E-state index >= 15 is 0 Å². The molecule has 8 nitrogen and oxygen atoms in total. The fourth-order valence-corrected chi connectivity index (χ4v) is 5.60. The molecule has 1 aliphatic heterocycles.